The van der Waals surface area contributed by atoms with Crippen LogP contribution < -0.4 is 5.32 Å². The molecule has 0 aliphatic carbocycles. The summed E-state index contributed by atoms with van der Waals surface area (Å²) in [7, 11) is 0. The highest BCUT2D eigenvalue weighted by atomic mass is 32.1. The number of anilines is 1. The molecule has 0 aliphatic rings. The van der Waals surface area contributed by atoms with Crippen LogP contribution in [0.5, 0.6) is 0 Å². The standard InChI is InChI=1S/C21H17N7OS/c1-14-5-2-3-6-15(14)12-27-13-23-21(26-27)25-20(29)16-11-24-28-17(8-9-22-19(16)28)18-7-4-10-30-18/h2-11,13H,12H2,1H3,(H,25,26,29). The average Bonchev–Trinajstić information content (AvgIpc) is 3.50. The van der Waals surface area contributed by atoms with Crippen molar-refractivity contribution in [1.82, 2.24) is 29.4 Å². The summed E-state index contributed by atoms with van der Waals surface area (Å²) in [6.07, 6.45) is 4.79. The molecule has 1 N–H and O–H groups in total. The van der Waals surface area contributed by atoms with Crippen LogP contribution in [-0.4, -0.2) is 35.3 Å². The number of benzene rings is 1. The smallest absolute Gasteiger partial charge is 0.263 e. The number of fused-ring (bicyclic) bond motifs is 1. The first kappa shape index (κ1) is 18.2. The van der Waals surface area contributed by atoms with E-state index in [1.807, 2.05) is 41.8 Å². The van der Waals surface area contributed by atoms with Crippen molar-refractivity contribution in [2.45, 2.75) is 13.5 Å². The number of nitrogens with zero attached hydrogens (tertiary/aromatic N) is 6. The maximum Gasteiger partial charge on any atom is 0.263 e. The van der Waals surface area contributed by atoms with Crippen LogP contribution in [-0.2, 0) is 6.54 Å². The van der Waals surface area contributed by atoms with Crippen molar-refractivity contribution in [3.63, 3.8) is 0 Å². The van der Waals surface area contributed by atoms with Gasteiger partial charge < -0.3 is 0 Å². The van der Waals surface area contributed by atoms with Gasteiger partial charge in [-0.1, -0.05) is 30.3 Å². The van der Waals surface area contributed by atoms with E-state index in [9.17, 15) is 4.79 Å². The molecule has 0 fully saturated rings. The van der Waals surface area contributed by atoms with E-state index in [0.717, 1.165) is 16.1 Å². The number of aromatic nitrogens is 6. The van der Waals surface area contributed by atoms with Crippen molar-refractivity contribution < 1.29 is 4.79 Å². The van der Waals surface area contributed by atoms with Gasteiger partial charge in [-0.15, -0.1) is 16.4 Å². The minimum Gasteiger partial charge on any atom is -0.289 e. The molecule has 4 aromatic heterocycles. The summed E-state index contributed by atoms with van der Waals surface area (Å²) in [5, 5.41) is 13.5. The van der Waals surface area contributed by atoms with Gasteiger partial charge in [-0.3, -0.25) is 10.1 Å². The Labute approximate surface area is 175 Å². The van der Waals surface area contributed by atoms with Crippen molar-refractivity contribution in [3.05, 3.63) is 83.3 Å². The molecule has 0 aliphatic heterocycles. The Morgan fingerprint density at radius 3 is 2.87 bits per heavy atom. The number of amides is 1. The van der Waals surface area contributed by atoms with Crippen LogP contribution in [0.15, 0.2) is 66.6 Å². The second kappa shape index (κ2) is 7.53. The predicted octanol–water partition coefficient (Wildman–Crippen LogP) is 3.66. The number of nitrogens with one attached hydrogen (secondary N) is 1. The van der Waals surface area contributed by atoms with Crippen LogP contribution in [0.2, 0.25) is 0 Å². The Morgan fingerprint density at radius 1 is 1.13 bits per heavy atom. The van der Waals surface area contributed by atoms with Gasteiger partial charge in [0.25, 0.3) is 5.91 Å². The summed E-state index contributed by atoms with van der Waals surface area (Å²) in [4.78, 5) is 22.4. The highest BCUT2D eigenvalue weighted by molar-refractivity contribution is 7.13. The van der Waals surface area contributed by atoms with Gasteiger partial charge in [0.15, 0.2) is 5.65 Å². The van der Waals surface area contributed by atoms with Gasteiger partial charge >= 0.3 is 0 Å². The highest BCUT2D eigenvalue weighted by Crippen LogP contribution is 2.25. The Kier molecular flexibility index (Phi) is 4.56. The minimum atomic E-state index is -0.352. The molecule has 4 heterocycles. The normalized spacial score (nSPS) is 11.1. The third-order valence-electron chi connectivity index (χ3n) is 4.77. The van der Waals surface area contributed by atoms with E-state index in [-0.39, 0.29) is 11.9 Å². The molecule has 1 amide bonds. The lowest BCUT2D eigenvalue weighted by Gasteiger charge is -2.04. The molecule has 0 atom stereocenters. The van der Waals surface area contributed by atoms with Crippen LogP contribution in [0, 0.1) is 6.92 Å². The highest BCUT2D eigenvalue weighted by Gasteiger charge is 2.18. The molecule has 1 aromatic carbocycles. The van der Waals surface area contributed by atoms with Crippen molar-refractivity contribution in [3.8, 4) is 10.6 Å². The number of hydrogen-bond donors (Lipinski definition) is 1. The molecular formula is C21H17N7OS. The Bertz CT molecular complexity index is 1340. The molecule has 0 radical (unpaired) electrons. The SMILES string of the molecule is Cc1ccccc1Cn1cnc(NC(=O)c2cnn3c(-c4cccs4)ccnc23)n1. The molecule has 30 heavy (non-hydrogen) atoms. The van der Waals surface area contributed by atoms with Gasteiger partial charge in [-0.05, 0) is 35.6 Å². The fraction of sp³-hybridized carbons (Fsp3) is 0.0952. The Hall–Kier alpha value is -3.85. The fourth-order valence-corrected chi connectivity index (χ4v) is 3.96. The number of carbonyl (C=O) groups excluding carboxylic acids is 1. The zero-order valence-corrected chi connectivity index (χ0v) is 16.9. The molecule has 0 saturated carbocycles. The molecule has 148 valence electrons. The fourth-order valence-electron chi connectivity index (χ4n) is 3.22. The second-order valence-electron chi connectivity index (χ2n) is 6.75. The summed E-state index contributed by atoms with van der Waals surface area (Å²) >= 11 is 1.60. The van der Waals surface area contributed by atoms with E-state index < -0.39 is 0 Å². The molecular weight excluding hydrogens is 398 g/mol. The molecule has 0 unspecified atom stereocenters. The monoisotopic (exact) mass is 415 g/mol. The lowest BCUT2D eigenvalue weighted by atomic mass is 10.1. The molecule has 8 nitrogen and oxygen atoms in total. The summed E-state index contributed by atoms with van der Waals surface area (Å²) in [5.74, 6) is -0.114. The number of aryl methyl sites for hydroxylation is 1. The van der Waals surface area contributed by atoms with E-state index >= 15 is 0 Å². The Morgan fingerprint density at radius 2 is 2.03 bits per heavy atom. The largest absolute Gasteiger partial charge is 0.289 e. The number of carbonyl (C=O) groups is 1. The second-order valence-corrected chi connectivity index (χ2v) is 7.70. The first-order chi connectivity index (χ1) is 14.7. The van der Waals surface area contributed by atoms with E-state index in [0.29, 0.717) is 17.8 Å². The topological polar surface area (TPSA) is 90.0 Å². The molecule has 9 heteroatoms. The summed E-state index contributed by atoms with van der Waals surface area (Å²) in [6.45, 7) is 2.63. The van der Waals surface area contributed by atoms with E-state index in [1.165, 1.54) is 11.8 Å². The van der Waals surface area contributed by atoms with Gasteiger partial charge in [0.2, 0.25) is 5.95 Å². The van der Waals surface area contributed by atoms with Crippen LogP contribution in [0.4, 0.5) is 5.95 Å². The summed E-state index contributed by atoms with van der Waals surface area (Å²) < 4.78 is 3.37. The Balaban J connectivity index is 1.38. The van der Waals surface area contributed by atoms with Crippen LogP contribution in [0.25, 0.3) is 16.2 Å². The van der Waals surface area contributed by atoms with E-state index in [4.69, 9.17) is 0 Å². The molecule has 5 rings (SSSR count). The van der Waals surface area contributed by atoms with Crippen LogP contribution in [0.1, 0.15) is 21.5 Å². The minimum absolute atomic E-state index is 0.238. The first-order valence-corrected chi connectivity index (χ1v) is 10.2. The van der Waals surface area contributed by atoms with Crippen molar-refractivity contribution in [2.24, 2.45) is 0 Å². The first-order valence-electron chi connectivity index (χ1n) is 9.31. The zero-order chi connectivity index (χ0) is 20.5. The number of hydrogen-bond acceptors (Lipinski definition) is 6. The maximum absolute atomic E-state index is 12.8. The van der Waals surface area contributed by atoms with Gasteiger partial charge in [0.05, 0.1) is 23.3 Å². The molecule has 0 bridgehead atoms. The molecule has 0 spiro atoms. The quantitative estimate of drug-likeness (QED) is 0.473. The lowest BCUT2D eigenvalue weighted by Crippen LogP contribution is -2.14. The summed E-state index contributed by atoms with van der Waals surface area (Å²) in [5.41, 5.74) is 4.06. The van der Waals surface area contributed by atoms with Crippen LogP contribution >= 0.6 is 11.3 Å². The van der Waals surface area contributed by atoms with Gasteiger partial charge in [-0.25, -0.2) is 19.2 Å². The maximum atomic E-state index is 12.8. The van der Waals surface area contributed by atoms with E-state index in [2.05, 4.69) is 38.5 Å². The van der Waals surface area contributed by atoms with Gasteiger partial charge in [0, 0.05) is 6.20 Å². The van der Waals surface area contributed by atoms with Crippen molar-refractivity contribution in [2.75, 3.05) is 5.32 Å². The average molecular weight is 415 g/mol. The van der Waals surface area contributed by atoms with E-state index in [1.54, 1.807) is 33.1 Å². The van der Waals surface area contributed by atoms with Gasteiger partial charge in [-0.2, -0.15) is 5.10 Å². The van der Waals surface area contributed by atoms with Crippen molar-refractivity contribution >= 4 is 28.8 Å². The summed E-state index contributed by atoms with van der Waals surface area (Å²) in [6, 6.07) is 13.9. The van der Waals surface area contributed by atoms with Crippen LogP contribution in [0.3, 0.4) is 0 Å². The third kappa shape index (κ3) is 3.35. The van der Waals surface area contributed by atoms with Gasteiger partial charge in [0.1, 0.15) is 11.9 Å². The lowest BCUT2D eigenvalue weighted by molar-refractivity contribution is 0.102. The van der Waals surface area contributed by atoms with Crippen molar-refractivity contribution in [1.29, 1.82) is 0 Å². The predicted molar refractivity (Wildman–Crippen MR) is 115 cm³/mol. The zero-order valence-electron chi connectivity index (χ0n) is 16.1. The number of thiophene rings is 1. The molecule has 0 saturated heterocycles. The molecule has 5 aromatic rings. The number of rotatable bonds is 5. The third-order valence-corrected chi connectivity index (χ3v) is 5.67.